The third kappa shape index (κ3) is 8.18. The number of esters is 1. The van der Waals surface area contributed by atoms with Gasteiger partial charge in [0, 0.05) is 13.0 Å². The maximum atomic E-state index is 11.6. The molecule has 1 fully saturated rings. The first-order valence-electron chi connectivity index (χ1n) is 9.54. The number of ether oxygens (including phenoxy) is 1. The van der Waals surface area contributed by atoms with E-state index < -0.39 is 18.5 Å². The number of rotatable bonds is 8. The van der Waals surface area contributed by atoms with Crippen molar-refractivity contribution in [1.82, 2.24) is 10.6 Å². The Morgan fingerprint density at radius 3 is 2.64 bits per heavy atom. The highest BCUT2D eigenvalue weighted by Gasteiger charge is 2.17. The normalized spacial score (nSPS) is 17.7. The van der Waals surface area contributed by atoms with Crippen LogP contribution in [-0.2, 0) is 14.3 Å². The molecular weight excluding hydrogens is 320 g/mol. The minimum Gasteiger partial charge on any atom is -0.456 e. The van der Waals surface area contributed by atoms with E-state index in [9.17, 15) is 14.4 Å². The minimum absolute atomic E-state index is 0.346. The second-order valence-corrected chi connectivity index (χ2v) is 7.01. The number of nitrogens with one attached hydrogen (secondary N) is 2. The van der Waals surface area contributed by atoms with Crippen LogP contribution in [0.4, 0.5) is 4.79 Å². The van der Waals surface area contributed by atoms with E-state index in [1.165, 1.54) is 44.1 Å². The number of carbonyl (C=O) groups excluding carboxylic acids is 3. The average Bonchev–Trinajstić information content (AvgIpc) is 3.12. The topological polar surface area (TPSA) is 84.5 Å². The van der Waals surface area contributed by atoms with Crippen LogP contribution in [0.2, 0.25) is 0 Å². The van der Waals surface area contributed by atoms with Gasteiger partial charge >= 0.3 is 12.0 Å². The average molecular weight is 350 g/mol. The summed E-state index contributed by atoms with van der Waals surface area (Å²) in [6.45, 7) is 0.105. The van der Waals surface area contributed by atoms with Crippen molar-refractivity contribution in [2.75, 3.05) is 13.2 Å². The standard InChI is InChI=1S/C19H30N2O4/c22-17(14-25-18(23)11-10-15-8-4-5-9-15)21-19(24)20-13-12-16-6-2-1-3-7-16/h6,15H,1-5,7-14H2,(H2,20,21,22,24). The number of amides is 3. The second-order valence-electron chi connectivity index (χ2n) is 7.01. The van der Waals surface area contributed by atoms with Crippen LogP contribution in [0.15, 0.2) is 11.6 Å². The van der Waals surface area contributed by atoms with E-state index in [0.29, 0.717) is 18.9 Å². The fourth-order valence-electron chi connectivity index (χ4n) is 3.51. The summed E-state index contributed by atoms with van der Waals surface area (Å²) in [5.41, 5.74) is 1.37. The predicted molar refractivity (Wildman–Crippen MR) is 94.9 cm³/mol. The van der Waals surface area contributed by atoms with Crippen LogP contribution in [0, 0.1) is 5.92 Å². The Labute approximate surface area is 149 Å². The Balaban J connectivity index is 1.50. The summed E-state index contributed by atoms with van der Waals surface area (Å²) in [6.07, 6.45) is 13.8. The molecule has 0 bridgehead atoms. The van der Waals surface area contributed by atoms with Crippen LogP contribution >= 0.6 is 0 Å². The number of imide groups is 1. The van der Waals surface area contributed by atoms with E-state index in [2.05, 4.69) is 16.7 Å². The molecule has 0 unspecified atom stereocenters. The molecule has 3 amide bonds. The minimum atomic E-state index is -0.594. The lowest BCUT2D eigenvalue weighted by atomic mass is 9.97. The molecule has 140 valence electrons. The lowest BCUT2D eigenvalue weighted by Crippen LogP contribution is -2.41. The van der Waals surface area contributed by atoms with Gasteiger partial charge in [0.1, 0.15) is 0 Å². The van der Waals surface area contributed by atoms with Gasteiger partial charge in [0.25, 0.3) is 5.91 Å². The number of hydrogen-bond acceptors (Lipinski definition) is 4. The van der Waals surface area contributed by atoms with Crippen LogP contribution < -0.4 is 10.6 Å². The van der Waals surface area contributed by atoms with E-state index in [4.69, 9.17) is 4.74 Å². The molecule has 25 heavy (non-hydrogen) atoms. The molecule has 0 aromatic rings. The third-order valence-electron chi connectivity index (χ3n) is 4.97. The molecular formula is C19H30N2O4. The van der Waals surface area contributed by atoms with Crippen LogP contribution in [0.1, 0.15) is 70.6 Å². The van der Waals surface area contributed by atoms with Crippen molar-refractivity contribution in [3.63, 3.8) is 0 Å². The molecule has 2 aliphatic carbocycles. The van der Waals surface area contributed by atoms with Crippen LogP contribution in [0.5, 0.6) is 0 Å². The van der Waals surface area contributed by atoms with Gasteiger partial charge in [0.2, 0.25) is 0 Å². The van der Waals surface area contributed by atoms with Crippen molar-refractivity contribution < 1.29 is 19.1 Å². The number of hydrogen-bond donors (Lipinski definition) is 2. The van der Waals surface area contributed by atoms with Crippen molar-refractivity contribution in [2.24, 2.45) is 5.92 Å². The van der Waals surface area contributed by atoms with Gasteiger partial charge < -0.3 is 10.1 Å². The quantitative estimate of drug-likeness (QED) is 0.520. The van der Waals surface area contributed by atoms with Crippen molar-refractivity contribution in [3.05, 3.63) is 11.6 Å². The summed E-state index contributed by atoms with van der Waals surface area (Å²) < 4.78 is 4.92. The molecule has 2 aliphatic rings. The zero-order valence-corrected chi connectivity index (χ0v) is 15.0. The summed E-state index contributed by atoms with van der Waals surface area (Å²) in [4.78, 5) is 34.9. The van der Waals surface area contributed by atoms with Gasteiger partial charge in [-0.25, -0.2) is 4.79 Å². The monoisotopic (exact) mass is 350 g/mol. The Morgan fingerprint density at radius 2 is 1.92 bits per heavy atom. The molecule has 1 saturated carbocycles. The summed E-state index contributed by atoms with van der Waals surface area (Å²) in [6, 6.07) is -0.539. The van der Waals surface area contributed by atoms with Gasteiger partial charge in [0.05, 0.1) is 0 Å². The molecule has 0 aliphatic heterocycles. The predicted octanol–water partition coefficient (Wildman–Crippen LogP) is 3.22. The SMILES string of the molecule is O=C(COC(=O)CCC1CCCC1)NC(=O)NCCC1=CCCCC1. The van der Waals surface area contributed by atoms with Gasteiger partial charge in [-0.05, 0) is 44.4 Å². The molecule has 0 radical (unpaired) electrons. The van der Waals surface area contributed by atoms with Crippen molar-refractivity contribution in [2.45, 2.75) is 70.6 Å². The van der Waals surface area contributed by atoms with Crippen LogP contribution in [0.25, 0.3) is 0 Å². The summed E-state index contributed by atoms with van der Waals surface area (Å²) in [7, 11) is 0. The Kier molecular flexibility index (Phi) is 8.49. The zero-order valence-electron chi connectivity index (χ0n) is 15.0. The van der Waals surface area contributed by atoms with Crippen molar-refractivity contribution in [3.8, 4) is 0 Å². The second kappa shape index (κ2) is 10.9. The number of allylic oxidation sites excluding steroid dienone is 1. The molecule has 0 aromatic carbocycles. The van der Waals surface area contributed by atoms with Gasteiger partial charge in [-0.1, -0.05) is 37.3 Å². The highest BCUT2D eigenvalue weighted by atomic mass is 16.5. The van der Waals surface area contributed by atoms with E-state index >= 15 is 0 Å². The largest absolute Gasteiger partial charge is 0.456 e. The van der Waals surface area contributed by atoms with E-state index in [0.717, 1.165) is 25.7 Å². The highest BCUT2D eigenvalue weighted by Crippen LogP contribution is 2.28. The molecule has 2 N–H and O–H groups in total. The molecule has 0 heterocycles. The molecule has 6 nitrogen and oxygen atoms in total. The molecule has 2 rings (SSSR count). The maximum absolute atomic E-state index is 11.6. The Hall–Kier alpha value is -1.85. The fourth-order valence-corrected chi connectivity index (χ4v) is 3.51. The van der Waals surface area contributed by atoms with Gasteiger partial charge in [0.15, 0.2) is 6.61 Å². The van der Waals surface area contributed by atoms with Gasteiger partial charge in [-0.2, -0.15) is 0 Å². The van der Waals surface area contributed by atoms with Gasteiger partial charge in [-0.15, -0.1) is 0 Å². The lowest BCUT2D eigenvalue weighted by Gasteiger charge is -2.13. The smallest absolute Gasteiger partial charge is 0.321 e. The maximum Gasteiger partial charge on any atom is 0.321 e. The summed E-state index contributed by atoms with van der Waals surface area (Å²) >= 11 is 0. The molecule has 0 spiro atoms. The van der Waals surface area contributed by atoms with Crippen LogP contribution in [0.3, 0.4) is 0 Å². The van der Waals surface area contributed by atoms with Crippen LogP contribution in [-0.4, -0.2) is 31.1 Å². The summed E-state index contributed by atoms with van der Waals surface area (Å²) in [5.74, 6) is -0.346. The lowest BCUT2D eigenvalue weighted by molar-refractivity contribution is -0.148. The van der Waals surface area contributed by atoms with Crippen molar-refractivity contribution >= 4 is 17.9 Å². The molecule has 0 aromatic heterocycles. The number of urea groups is 1. The Morgan fingerprint density at radius 1 is 1.12 bits per heavy atom. The number of carbonyl (C=O) groups is 3. The molecule has 0 saturated heterocycles. The van der Waals surface area contributed by atoms with Gasteiger partial charge in [-0.3, -0.25) is 14.9 Å². The van der Waals surface area contributed by atoms with E-state index in [-0.39, 0.29) is 5.97 Å². The first kappa shape index (κ1) is 19.5. The third-order valence-corrected chi connectivity index (χ3v) is 4.97. The van der Waals surface area contributed by atoms with E-state index in [1.807, 2.05) is 0 Å². The highest BCUT2D eigenvalue weighted by molar-refractivity contribution is 5.95. The molecule has 0 atom stereocenters. The summed E-state index contributed by atoms with van der Waals surface area (Å²) in [5, 5.41) is 4.84. The van der Waals surface area contributed by atoms with Crippen molar-refractivity contribution in [1.29, 1.82) is 0 Å². The zero-order chi connectivity index (χ0) is 17.9. The Bertz CT molecular complexity index is 496. The first-order valence-corrected chi connectivity index (χ1v) is 9.54. The fraction of sp³-hybridized carbons (Fsp3) is 0.737. The van der Waals surface area contributed by atoms with E-state index in [1.54, 1.807) is 0 Å². The molecule has 6 heteroatoms. The first-order chi connectivity index (χ1) is 12.1.